The molecule has 1 heterocycles. The molecule has 1 aromatic carbocycles. The topological polar surface area (TPSA) is 88.0 Å². The Kier molecular flexibility index (Phi) is 3.19. The molecule has 1 aromatic heterocycles. The first kappa shape index (κ1) is 12.4. The molecule has 0 unspecified atom stereocenters. The molecule has 94 valence electrons. The lowest BCUT2D eigenvalue weighted by Crippen LogP contribution is -2.13. The van der Waals surface area contributed by atoms with Gasteiger partial charge in [-0.3, -0.25) is 4.57 Å². The van der Waals surface area contributed by atoms with Gasteiger partial charge in [-0.05, 0) is 30.0 Å². The van der Waals surface area contributed by atoms with Crippen LogP contribution in [-0.2, 0) is 7.05 Å². The van der Waals surface area contributed by atoms with Crippen molar-refractivity contribution < 1.29 is 14.3 Å². The van der Waals surface area contributed by atoms with E-state index < -0.39 is 17.5 Å². The van der Waals surface area contributed by atoms with E-state index in [-0.39, 0.29) is 5.56 Å². The summed E-state index contributed by atoms with van der Waals surface area (Å²) in [6, 6.07) is 3.41. The van der Waals surface area contributed by atoms with Crippen LogP contribution in [0.2, 0.25) is 0 Å². The Morgan fingerprint density at radius 3 is 2.83 bits per heavy atom. The number of carboxylic acids is 1. The Balaban J connectivity index is 2.43. The summed E-state index contributed by atoms with van der Waals surface area (Å²) in [6.07, 6.45) is 0. The quantitative estimate of drug-likeness (QED) is 0.871. The molecule has 0 bridgehead atoms. The summed E-state index contributed by atoms with van der Waals surface area (Å²) < 4.78 is 14.2. The third-order valence-corrected chi connectivity index (χ3v) is 3.34. The number of aromatic nitrogens is 3. The van der Waals surface area contributed by atoms with Crippen LogP contribution >= 0.6 is 11.8 Å². The van der Waals surface area contributed by atoms with Gasteiger partial charge >= 0.3 is 11.7 Å². The molecule has 0 fully saturated rings. The van der Waals surface area contributed by atoms with E-state index in [1.807, 2.05) is 0 Å². The average Bonchev–Trinajstić information content (AvgIpc) is 2.63. The standard InChI is InChI=1S/C10H8FN3O3S/c1-14-9(17)12-13-10(14)18-7-3-2-5(11)4-6(7)8(15)16/h2-4H,1H3,(H,12,17)(H,15,16). The number of carboxylic acid groups (broad SMARTS) is 1. The predicted octanol–water partition coefficient (Wildman–Crippen LogP) is 1.10. The van der Waals surface area contributed by atoms with Gasteiger partial charge in [0.2, 0.25) is 0 Å². The Bertz CT molecular complexity index is 665. The minimum Gasteiger partial charge on any atom is -0.478 e. The first-order chi connectivity index (χ1) is 8.49. The summed E-state index contributed by atoms with van der Waals surface area (Å²) in [6.45, 7) is 0. The number of hydrogen-bond acceptors (Lipinski definition) is 4. The molecule has 0 aliphatic rings. The Morgan fingerprint density at radius 2 is 2.28 bits per heavy atom. The third kappa shape index (κ3) is 2.28. The highest BCUT2D eigenvalue weighted by atomic mass is 32.2. The van der Waals surface area contributed by atoms with E-state index in [0.717, 1.165) is 23.9 Å². The summed E-state index contributed by atoms with van der Waals surface area (Å²) in [5.74, 6) is -1.87. The van der Waals surface area contributed by atoms with Gasteiger partial charge in [0.05, 0.1) is 5.56 Å². The van der Waals surface area contributed by atoms with Crippen molar-refractivity contribution in [3.63, 3.8) is 0 Å². The maximum atomic E-state index is 13.0. The molecule has 6 nitrogen and oxygen atoms in total. The lowest BCUT2D eigenvalue weighted by Gasteiger charge is -2.04. The lowest BCUT2D eigenvalue weighted by atomic mass is 10.2. The summed E-state index contributed by atoms with van der Waals surface area (Å²) >= 11 is 0.972. The van der Waals surface area contributed by atoms with Gasteiger partial charge in [0.25, 0.3) is 0 Å². The van der Waals surface area contributed by atoms with Crippen molar-refractivity contribution in [1.82, 2.24) is 14.8 Å². The number of halogens is 1. The molecule has 0 atom stereocenters. The van der Waals surface area contributed by atoms with Crippen LogP contribution in [0.3, 0.4) is 0 Å². The molecule has 0 amide bonds. The number of nitrogens with one attached hydrogen (secondary N) is 1. The van der Waals surface area contributed by atoms with Crippen LogP contribution in [0, 0.1) is 5.82 Å². The van der Waals surface area contributed by atoms with Crippen LogP contribution < -0.4 is 5.69 Å². The van der Waals surface area contributed by atoms with Gasteiger partial charge in [0, 0.05) is 11.9 Å². The SMILES string of the molecule is Cn1c(Sc2ccc(F)cc2C(=O)O)n[nH]c1=O. The molecule has 0 aliphatic carbocycles. The van der Waals surface area contributed by atoms with Crippen LogP contribution in [0.25, 0.3) is 0 Å². The average molecular weight is 269 g/mol. The fourth-order valence-electron chi connectivity index (χ4n) is 1.28. The summed E-state index contributed by atoms with van der Waals surface area (Å²) in [7, 11) is 1.50. The number of rotatable bonds is 3. The smallest absolute Gasteiger partial charge is 0.343 e. The zero-order valence-electron chi connectivity index (χ0n) is 9.18. The van der Waals surface area contributed by atoms with Crippen molar-refractivity contribution in [3.8, 4) is 0 Å². The van der Waals surface area contributed by atoms with Crippen LogP contribution in [0.15, 0.2) is 33.0 Å². The molecular formula is C10H8FN3O3S. The molecule has 0 saturated heterocycles. The number of aromatic carboxylic acids is 1. The van der Waals surface area contributed by atoms with Gasteiger partial charge < -0.3 is 5.11 Å². The molecule has 18 heavy (non-hydrogen) atoms. The molecule has 8 heteroatoms. The number of hydrogen-bond donors (Lipinski definition) is 2. The highest BCUT2D eigenvalue weighted by Crippen LogP contribution is 2.28. The minimum absolute atomic E-state index is 0.171. The number of benzene rings is 1. The van der Waals surface area contributed by atoms with Crippen LogP contribution in [-0.4, -0.2) is 25.8 Å². The van der Waals surface area contributed by atoms with E-state index in [1.165, 1.54) is 17.7 Å². The second-order valence-corrected chi connectivity index (χ2v) is 4.43. The number of aromatic amines is 1. The van der Waals surface area contributed by atoms with Gasteiger partial charge in [-0.2, -0.15) is 0 Å². The molecule has 0 aliphatic heterocycles. The van der Waals surface area contributed by atoms with E-state index in [0.29, 0.717) is 10.1 Å². The normalized spacial score (nSPS) is 10.6. The molecule has 0 spiro atoms. The number of nitrogens with zero attached hydrogens (tertiary/aromatic N) is 2. The lowest BCUT2D eigenvalue weighted by molar-refractivity contribution is 0.0692. The first-order valence-electron chi connectivity index (χ1n) is 4.81. The molecule has 2 rings (SSSR count). The van der Waals surface area contributed by atoms with Gasteiger partial charge in [0.15, 0.2) is 5.16 Å². The van der Waals surface area contributed by atoms with Crippen molar-refractivity contribution in [2.75, 3.05) is 0 Å². The Morgan fingerprint density at radius 1 is 1.56 bits per heavy atom. The van der Waals surface area contributed by atoms with E-state index in [4.69, 9.17) is 5.11 Å². The van der Waals surface area contributed by atoms with Crippen molar-refractivity contribution in [2.45, 2.75) is 10.1 Å². The van der Waals surface area contributed by atoms with Gasteiger partial charge in [0.1, 0.15) is 5.82 Å². The van der Waals surface area contributed by atoms with E-state index in [2.05, 4.69) is 10.2 Å². The van der Waals surface area contributed by atoms with E-state index in [1.54, 1.807) is 0 Å². The zero-order chi connectivity index (χ0) is 13.3. The van der Waals surface area contributed by atoms with Gasteiger partial charge in [-0.1, -0.05) is 0 Å². The van der Waals surface area contributed by atoms with Crippen LogP contribution in [0.1, 0.15) is 10.4 Å². The summed E-state index contributed by atoms with van der Waals surface area (Å²) in [4.78, 5) is 22.4. The van der Waals surface area contributed by atoms with Crippen LogP contribution in [0.5, 0.6) is 0 Å². The minimum atomic E-state index is -1.24. The van der Waals surface area contributed by atoms with Crippen molar-refractivity contribution in [2.24, 2.45) is 7.05 Å². The zero-order valence-corrected chi connectivity index (χ0v) is 9.99. The highest BCUT2D eigenvalue weighted by Gasteiger charge is 2.15. The Labute approximate surface area is 104 Å². The number of carbonyl (C=O) groups is 1. The maximum Gasteiger partial charge on any atom is 0.343 e. The van der Waals surface area contributed by atoms with E-state index >= 15 is 0 Å². The van der Waals surface area contributed by atoms with Gasteiger partial charge in [-0.15, -0.1) is 5.10 Å². The monoisotopic (exact) mass is 269 g/mol. The van der Waals surface area contributed by atoms with Crippen LogP contribution in [0.4, 0.5) is 4.39 Å². The third-order valence-electron chi connectivity index (χ3n) is 2.21. The number of H-pyrrole nitrogens is 1. The largest absolute Gasteiger partial charge is 0.478 e. The molecule has 2 N–H and O–H groups in total. The van der Waals surface area contributed by atoms with Gasteiger partial charge in [-0.25, -0.2) is 19.1 Å². The molecule has 0 saturated carbocycles. The van der Waals surface area contributed by atoms with Crippen molar-refractivity contribution in [3.05, 3.63) is 40.1 Å². The first-order valence-corrected chi connectivity index (χ1v) is 5.63. The molecular weight excluding hydrogens is 261 g/mol. The van der Waals surface area contributed by atoms with E-state index in [9.17, 15) is 14.0 Å². The fourth-order valence-corrected chi connectivity index (χ4v) is 2.18. The molecule has 0 radical (unpaired) electrons. The summed E-state index contributed by atoms with van der Waals surface area (Å²) in [5.41, 5.74) is -0.577. The summed E-state index contributed by atoms with van der Waals surface area (Å²) in [5, 5.41) is 15.2. The second-order valence-electron chi connectivity index (χ2n) is 3.42. The Hall–Kier alpha value is -2.09. The fraction of sp³-hybridized carbons (Fsp3) is 0.100. The maximum absolute atomic E-state index is 13.0. The van der Waals surface area contributed by atoms with Crippen molar-refractivity contribution >= 4 is 17.7 Å². The molecule has 2 aromatic rings. The second kappa shape index (κ2) is 4.65. The predicted molar refractivity (Wildman–Crippen MR) is 61.3 cm³/mol. The highest BCUT2D eigenvalue weighted by molar-refractivity contribution is 7.99. The van der Waals surface area contributed by atoms with Crippen molar-refractivity contribution in [1.29, 1.82) is 0 Å².